The Kier molecular flexibility index (Phi) is 5.11. The van der Waals surface area contributed by atoms with Crippen molar-refractivity contribution in [3.05, 3.63) is 95.7 Å². The first-order chi connectivity index (χ1) is 13.8. The first-order valence-corrected chi connectivity index (χ1v) is 9.05. The van der Waals surface area contributed by atoms with Crippen molar-refractivity contribution in [2.45, 2.75) is 12.5 Å². The van der Waals surface area contributed by atoms with Gasteiger partial charge in [0.1, 0.15) is 30.1 Å². The number of hydrogen-bond acceptors (Lipinski definition) is 4. The van der Waals surface area contributed by atoms with Gasteiger partial charge in [-0.15, -0.1) is 0 Å². The molecule has 1 unspecified atom stereocenters. The molecule has 0 aromatic heterocycles. The number of ether oxygens (including phenoxy) is 3. The van der Waals surface area contributed by atoms with Gasteiger partial charge in [0.25, 0.3) is 0 Å². The van der Waals surface area contributed by atoms with Crippen molar-refractivity contribution in [1.29, 1.82) is 0 Å². The van der Waals surface area contributed by atoms with Gasteiger partial charge in [0.05, 0.1) is 19.3 Å². The molecular formula is C24H20O4. The summed E-state index contributed by atoms with van der Waals surface area (Å²) in [6, 6.07) is 23.1. The molecule has 3 aromatic carbocycles. The molecule has 0 fully saturated rings. The van der Waals surface area contributed by atoms with E-state index in [2.05, 4.69) is 0 Å². The summed E-state index contributed by atoms with van der Waals surface area (Å²) in [6.45, 7) is 0.476. The summed E-state index contributed by atoms with van der Waals surface area (Å²) < 4.78 is 16.9. The molecule has 1 atom stereocenters. The first-order valence-electron chi connectivity index (χ1n) is 9.05. The van der Waals surface area contributed by atoms with Gasteiger partial charge in [0, 0.05) is 17.2 Å². The summed E-state index contributed by atoms with van der Waals surface area (Å²) in [4.78, 5) is 11.9. The van der Waals surface area contributed by atoms with Gasteiger partial charge in [-0.25, -0.2) is 0 Å². The van der Waals surface area contributed by atoms with Crippen LogP contribution < -0.4 is 14.2 Å². The molecule has 4 heteroatoms. The summed E-state index contributed by atoms with van der Waals surface area (Å²) in [5, 5.41) is 0. The third-order valence-corrected chi connectivity index (χ3v) is 4.78. The van der Waals surface area contributed by atoms with E-state index in [0.717, 1.165) is 34.3 Å². The van der Waals surface area contributed by atoms with E-state index >= 15 is 0 Å². The van der Waals surface area contributed by atoms with E-state index in [-0.39, 0.29) is 5.92 Å². The van der Waals surface area contributed by atoms with E-state index in [9.17, 15) is 4.79 Å². The maximum Gasteiger partial charge on any atom is 0.134 e. The zero-order valence-electron chi connectivity index (χ0n) is 15.5. The second-order valence-corrected chi connectivity index (χ2v) is 6.51. The number of allylic oxidation sites excluding steroid dienone is 1. The normalized spacial score (nSPS) is 15.0. The smallest absolute Gasteiger partial charge is 0.134 e. The molecule has 3 aromatic rings. The quantitative estimate of drug-likeness (QED) is 0.572. The molecule has 1 heterocycles. The Morgan fingerprint density at radius 3 is 2.43 bits per heavy atom. The molecular weight excluding hydrogens is 352 g/mol. The number of carbonyl (C=O) groups is 1. The summed E-state index contributed by atoms with van der Waals surface area (Å²) in [7, 11) is 1.62. The lowest BCUT2D eigenvalue weighted by Gasteiger charge is -2.24. The highest BCUT2D eigenvalue weighted by Crippen LogP contribution is 2.41. The number of benzene rings is 3. The zero-order valence-corrected chi connectivity index (χ0v) is 15.5. The Morgan fingerprint density at radius 1 is 0.964 bits per heavy atom. The van der Waals surface area contributed by atoms with Crippen LogP contribution in [0.3, 0.4) is 0 Å². The predicted molar refractivity (Wildman–Crippen MR) is 108 cm³/mol. The van der Waals surface area contributed by atoms with Crippen LogP contribution in [0.2, 0.25) is 0 Å². The molecule has 0 spiro atoms. The minimum atomic E-state index is -0.389. The van der Waals surface area contributed by atoms with Crippen molar-refractivity contribution in [1.82, 2.24) is 0 Å². The van der Waals surface area contributed by atoms with Gasteiger partial charge in [-0.2, -0.15) is 0 Å². The summed E-state index contributed by atoms with van der Waals surface area (Å²) in [5.41, 5.74) is 3.67. The van der Waals surface area contributed by atoms with Crippen molar-refractivity contribution in [2.24, 2.45) is 0 Å². The number of methoxy groups -OCH3 is 1. The van der Waals surface area contributed by atoms with Crippen molar-refractivity contribution >= 4 is 11.9 Å². The van der Waals surface area contributed by atoms with Crippen LogP contribution in [-0.4, -0.2) is 13.4 Å². The molecule has 0 N–H and O–H groups in total. The molecule has 0 saturated heterocycles. The monoisotopic (exact) mass is 372 g/mol. The van der Waals surface area contributed by atoms with Crippen LogP contribution in [0.25, 0.3) is 5.57 Å². The first kappa shape index (κ1) is 17.9. The molecule has 140 valence electrons. The fraction of sp³-hybridized carbons (Fsp3) is 0.125. The maximum atomic E-state index is 11.9. The molecule has 4 rings (SSSR count). The lowest BCUT2D eigenvalue weighted by Crippen LogP contribution is -2.11. The second-order valence-electron chi connectivity index (χ2n) is 6.51. The van der Waals surface area contributed by atoms with Gasteiger partial charge < -0.3 is 19.0 Å². The highest BCUT2D eigenvalue weighted by atomic mass is 16.5. The van der Waals surface area contributed by atoms with E-state index in [1.807, 2.05) is 72.8 Å². The minimum absolute atomic E-state index is 0.389. The molecule has 1 aliphatic rings. The van der Waals surface area contributed by atoms with E-state index in [0.29, 0.717) is 18.1 Å². The fourth-order valence-electron chi connectivity index (χ4n) is 3.25. The fourth-order valence-corrected chi connectivity index (χ4v) is 3.25. The van der Waals surface area contributed by atoms with Gasteiger partial charge in [0.15, 0.2) is 0 Å². The van der Waals surface area contributed by atoms with Crippen LogP contribution in [0.5, 0.6) is 17.2 Å². The molecule has 0 radical (unpaired) electrons. The van der Waals surface area contributed by atoms with Crippen LogP contribution in [0.15, 0.2) is 79.1 Å². The average Bonchev–Trinajstić information content (AvgIpc) is 2.77. The number of rotatable bonds is 6. The van der Waals surface area contributed by atoms with Crippen LogP contribution in [0.1, 0.15) is 22.6 Å². The lowest BCUT2D eigenvalue weighted by molar-refractivity contribution is -0.108. The third-order valence-electron chi connectivity index (χ3n) is 4.78. The molecule has 0 saturated carbocycles. The summed E-state index contributed by atoms with van der Waals surface area (Å²) in [6.07, 6.45) is 2.59. The van der Waals surface area contributed by atoms with Gasteiger partial charge >= 0.3 is 0 Å². The summed E-state index contributed by atoms with van der Waals surface area (Å²) in [5.74, 6) is 1.72. The Balaban J connectivity index is 1.55. The van der Waals surface area contributed by atoms with Gasteiger partial charge in [-0.3, -0.25) is 0 Å². The van der Waals surface area contributed by atoms with Crippen LogP contribution in [0, 0.1) is 0 Å². The molecule has 0 bridgehead atoms. The van der Waals surface area contributed by atoms with Gasteiger partial charge in [0.2, 0.25) is 0 Å². The Morgan fingerprint density at radius 2 is 1.71 bits per heavy atom. The molecule has 1 aliphatic heterocycles. The number of aldehydes is 1. The van der Waals surface area contributed by atoms with Crippen LogP contribution in [0.4, 0.5) is 0 Å². The summed E-state index contributed by atoms with van der Waals surface area (Å²) >= 11 is 0. The predicted octanol–water partition coefficient (Wildman–Crippen LogP) is 4.99. The van der Waals surface area contributed by atoms with Crippen molar-refractivity contribution in [2.75, 3.05) is 7.11 Å². The highest BCUT2D eigenvalue weighted by Gasteiger charge is 2.26. The van der Waals surface area contributed by atoms with Crippen molar-refractivity contribution in [3.8, 4) is 17.2 Å². The van der Waals surface area contributed by atoms with E-state index in [4.69, 9.17) is 14.2 Å². The Labute approximate surface area is 164 Å². The zero-order chi connectivity index (χ0) is 19.3. The third kappa shape index (κ3) is 3.62. The maximum absolute atomic E-state index is 11.9. The van der Waals surface area contributed by atoms with E-state index in [1.54, 1.807) is 13.4 Å². The average molecular weight is 372 g/mol. The van der Waals surface area contributed by atoms with Crippen molar-refractivity contribution < 1.29 is 19.0 Å². The SMILES string of the molecule is COc1ccc(C2=COc3cc(OCc4ccccc4)ccc3C2C=O)cc1. The lowest BCUT2D eigenvalue weighted by atomic mass is 9.86. The molecule has 4 nitrogen and oxygen atoms in total. The van der Waals surface area contributed by atoms with E-state index in [1.165, 1.54) is 0 Å². The standard InChI is InChI=1S/C24H20O4/c1-26-19-9-7-18(8-10-19)23-16-28-24-13-20(11-12-21(24)22(23)14-25)27-15-17-5-3-2-4-6-17/h2-14,16,22H,15H2,1H3. The van der Waals surface area contributed by atoms with Crippen molar-refractivity contribution in [3.63, 3.8) is 0 Å². The number of carbonyl (C=O) groups excluding carboxylic acids is 1. The molecule has 0 amide bonds. The Hall–Kier alpha value is -3.53. The van der Waals surface area contributed by atoms with Crippen LogP contribution >= 0.6 is 0 Å². The van der Waals surface area contributed by atoms with E-state index < -0.39 is 0 Å². The molecule has 0 aliphatic carbocycles. The highest BCUT2D eigenvalue weighted by molar-refractivity contribution is 5.88. The molecule has 28 heavy (non-hydrogen) atoms. The van der Waals surface area contributed by atoms with Gasteiger partial charge in [-0.05, 0) is 29.3 Å². The van der Waals surface area contributed by atoms with Gasteiger partial charge in [-0.1, -0.05) is 48.5 Å². The largest absolute Gasteiger partial charge is 0.497 e. The Bertz CT molecular complexity index is 991. The number of hydrogen-bond donors (Lipinski definition) is 0. The number of fused-ring (bicyclic) bond motifs is 1. The van der Waals surface area contributed by atoms with Crippen LogP contribution in [-0.2, 0) is 11.4 Å². The topological polar surface area (TPSA) is 44.8 Å². The second kappa shape index (κ2) is 8.01. The minimum Gasteiger partial charge on any atom is -0.497 e.